The molecule has 11 atom stereocenters. The SMILES string of the molecule is C[C@@H](CCCOS(=O)(=O)O)C1CC[C@H]2C3C(OS(=O)(=O)O)C[C@H]4C[C@H](OS(=O)(=O)O)CC[C@]4(C)C3C[C@H](OS(=O)(=O)O)[C@]12C. The third kappa shape index (κ3) is 8.12. The minimum atomic E-state index is -4.94. The molecule has 0 aromatic carbocycles. The van der Waals surface area contributed by atoms with Gasteiger partial charge in [-0.3, -0.25) is 18.2 Å². The first-order chi connectivity index (χ1) is 19.9. The molecule has 4 rings (SSSR count). The quantitative estimate of drug-likeness (QED) is 0.167. The first-order valence-corrected chi connectivity index (χ1v) is 20.0. The lowest BCUT2D eigenvalue weighted by Crippen LogP contribution is -2.63. The van der Waals surface area contributed by atoms with E-state index in [0.29, 0.717) is 25.7 Å². The molecular formula is C24H42O16S4. The van der Waals surface area contributed by atoms with Gasteiger partial charge in [0, 0.05) is 5.41 Å². The van der Waals surface area contributed by atoms with Crippen molar-refractivity contribution < 1.29 is 68.6 Å². The van der Waals surface area contributed by atoms with Crippen LogP contribution in [-0.4, -0.2) is 76.8 Å². The Labute approximate surface area is 259 Å². The second kappa shape index (κ2) is 12.5. The first kappa shape index (κ1) is 36.3. The summed E-state index contributed by atoms with van der Waals surface area (Å²) in [6.07, 6.45) is -0.227. The van der Waals surface area contributed by atoms with Crippen molar-refractivity contribution in [2.24, 2.45) is 46.3 Å². The summed E-state index contributed by atoms with van der Waals surface area (Å²) >= 11 is 0. The van der Waals surface area contributed by atoms with E-state index < -0.39 is 88.5 Å². The van der Waals surface area contributed by atoms with Gasteiger partial charge < -0.3 is 0 Å². The number of hydrogen-bond acceptors (Lipinski definition) is 12. The average molecular weight is 715 g/mol. The maximum absolute atomic E-state index is 12.2. The van der Waals surface area contributed by atoms with Gasteiger partial charge in [-0.2, -0.15) is 33.7 Å². The zero-order valence-electron chi connectivity index (χ0n) is 24.6. The number of fused-ring (bicyclic) bond motifs is 5. The van der Waals surface area contributed by atoms with E-state index >= 15 is 0 Å². The molecule has 0 heterocycles. The average Bonchev–Trinajstić information content (AvgIpc) is 3.18. The minimum absolute atomic E-state index is 0.0781. The third-order valence-electron chi connectivity index (χ3n) is 11.2. The van der Waals surface area contributed by atoms with E-state index in [1.807, 2.05) is 20.8 Å². The molecule has 258 valence electrons. The van der Waals surface area contributed by atoms with Crippen LogP contribution in [0.15, 0.2) is 0 Å². The van der Waals surface area contributed by atoms with Crippen LogP contribution < -0.4 is 0 Å². The molecule has 0 bridgehead atoms. The summed E-state index contributed by atoms with van der Waals surface area (Å²) < 4.78 is 151. The van der Waals surface area contributed by atoms with Crippen molar-refractivity contribution in [2.75, 3.05) is 6.61 Å². The van der Waals surface area contributed by atoms with Crippen LogP contribution in [0.5, 0.6) is 0 Å². The van der Waals surface area contributed by atoms with Crippen LogP contribution in [0.25, 0.3) is 0 Å². The summed E-state index contributed by atoms with van der Waals surface area (Å²) in [5, 5.41) is 0. The standard InChI is InChI=1S/C24H42O16S4/c1-14(5-4-10-37-41(25,26)27)17-6-7-18-22-19(13-21(24(17,18)3)40-44(34,35)36)23(2)9-8-16(38-42(28,29)30)11-15(23)12-20(22)39-43(31,32)33/h14-22H,4-13H2,1-3H3,(H,25,26,27)(H,28,29,30)(H,31,32,33)(H,34,35,36)/t14-,15+,16+,17?,18-,19?,20?,21-,22?,23-,24+/m0/s1. The molecule has 0 saturated heterocycles. The third-order valence-corrected chi connectivity index (χ3v) is 13.2. The van der Waals surface area contributed by atoms with Gasteiger partial charge in [0.25, 0.3) is 0 Å². The Kier molecular flexibility index (Phi) is 10.3. The lowest BCUT2D eigenvalue weighted by Gasteiger charge is -2.64. The highest BCUT2D eigenvalue weighted by Crippen LogP contribution is 2.69. The Morgan fingerprint density at radius 1 is 0.750 bits per heavy atom. The fourth-order valence-corrected chi connectivity index (χ4v) is 11.6. The molecular weight excluding hydrogens is 673 g/mol. The lowest BCUT2D eigenvalue weighted by atomic mass is 9.43. The Bertz CT molecular complexity index is 1500. The van der Waals surface area contributed by atoms with E-state index in [2.05, 4.69) is 4.18 Å². The van der Waals surface area contributed by atoms with Crippen molar-refractivity contribution >= 4 is 41.6 Å². The van der Waals surface area contributed by atoms with Crippen LogP contribution in [0, 0.1) is 46.3 Å². The Morgan fingerprint density at radius 2 is 1.36 bits per heavy atom. The molecule has 4 fully saturated rings. The van der Waals surface area contributed by atoms with Gasteiger partial charge in [0.05, 0.1) is 24.9 Å². The topological polar surface area (TPSA) is 254 Å². The van der Waals surface area contributed by atoms with Crippen LogP contribution in [0.4, 0.5) is 0 Å². The Morgan fingerprint density at radius 3 is 1.93 bits per heavy atom. The van der Waals surface area contributed by atoms with Crippen molar-refractivity contribution in [1.82, 2.24) is 0 Å². The molecule has 4 aliphatic rings. The monoisotopic (exact) mass is 714 g/mol. The highest BCUT2D eigenvalue weighted by atomic mass is 32.3. The molecule has 20 heteroatoms. The van der Waals surface area contributed by atoms with Gasteiger partial charge in [0.1, 0.15) is 0 Å². The van der Waals surface area contributed by atoms with Gasteiger partial charge in [-0.1, -0.05) is 20.8 Å². The van der Waals surface area contributed by atoms with E-state index in [1.54, 1.807) is 0 Å². The van der Waals surface area contributed by atoms with E-state index in [9.17, 15) is 47.3 Å². The van der Waals surface area contributed by atoms with Crippen LogP contribution in [0.1, 0.15) is 78.6 Å². The van der Waals surface area contributed by atoms with Crippen LogP contribution in [0.3, 0.4) is 0 Å². The Hall–Kier alpha value is -0.520. The molecule has 0 aromatic rings. The summed E-state index contributed by atoms with van der Waals surface area (Å²) in [4.78, 5) is 0. The first-order valence-electron chi connectivity index (χ1n) is 14.5. The maximum atomic E-state index is 12.2. The molecule has 4 saturated carbocycles. The van der Waals surface area contributed by atoms with Crippen LogP contribution >= 0.6 is 0 Å². The largest absolute Gasteiger partial charge is 0.397 e. The van der Waals surface area contributed by atoms with Gasteiger partial charge >= 0.3 is 41.6 Å². The van der Waals surface area contributed by atoms with E-state index in [-0.39, 0.29) is 56.5 Å². The molecule has 0 aromatic heterocycles. The molecule has 4 N–H and O–H groups in total. The maximum Gasteiger partial charge on any atom is 0.397 e. The molecule has 4 aliphatic carbocycles. The predicted octanol–water partition coefficient (Wildman–Crippen LogP) is 2.66. The second-order valence-electron chi connectivity index (χ2n) is 13.4. The van der Waals surface area contributed by atoms with Crippen molar-refractivity contribution in [3.05, 3.63) is 0 Å². The van der Waals surface area contributed by atoms with Gasteiger partial charge in [0.2, 0.25) is 0 Å². The van der Waals surface area contributed by atoms with E-state index in [1.165, 1.54) is 0 Å². The molecule has 0 amide bonds. The van der Waals surface area contributed by atoms with Crippen molar-refractivity contribution in [3.63, 3.8) is 0 Å². The van der Waals surface area contributed by atoms with E-state index in [0.717, 1.165) is 0 Å². The molecule has 16 nitrogen and oxygen atoms in total. The molecule has 44 heavy (non-hydrogen) atoms. The zero-order valence-corrected chi connectivity index (χ0v) is 27.9. The summed E-state index contributed by atoms with van der Waals surface area (Å²) in [6, 6.07) is 0. The van der Waals surface area contributed by atoms with Gasteiger partial charge in [-0.15, -0.1) is 0 Å². The summed E-state index contributed by atoms with van der Waals surface area (Å²) in [6.45, 7) is 5.43. The van der Waals surface area contributed by atoms with Crippen LogP contribution in [0.2, 0.25) is 0 Å². The zero-order chi connectivity index (χ0) is 33.1. The van der Waals surface area contributed by atoms with Crippen molar-refractivity contribution in [1.29, 1.82) is 0 Å². The number of rotatable bonds is 12. The minimum Gasteiger partial charge on any atom is -0.264 e. The molecule has 0 radical (unpaired) electrons. The normalized spacial score (nSPS) is 40.5. The van der Waals surface area contributed by atoms with Crippen molar-refractivity contribution in [3.8, 4) is 0 Å². The van der Waals surface area contributed by atoms with Gasteiger partial charge in [-0.05, 0) is 98.7 Å². The van der Waals surface area contributed by atoms with Crippen molar-refractivity contribution in [2.45, 2.75) is 96.9 Å². The fraction of sp³-hybridized carbons (Fsp3) is 1.00. The highest BCUT2D eigenvalue weighted by molar-refractivity contribution is 7.81. The second-order valence-corrected chi connectivity index (χ2v) is 17.6. The van der Waals surface area contributed by atoms with Gasteiger partial charge in [-0.25, -0.2) is 16.7 Å². The summed E-state index contributed by atoms with van der Waals surface area (Å²) in [5.74, 6) is -2.07. The molecule has 0 aliphatic heterocycles. The highest BCUT2D eigenvalue weighted by Gasteiger charge is 2.67. The number of hydrogen-bond donors (Lipinski definition) is 4. The lowest BCUT2D eigenvalue weighted by molar-refractivity contribution is -0.196. The molecule has 4 unspecified atom stereocenters. The fourth-order valence-electron chi connectivity index (χ4n) is 9.64. The Balaban J connectivity index is 1.71. The predicted molar refractivity (Wildman–Crippen MR) is 151 cm³/mol. The van der Waals surface area contributed by atoms with E-state index in [4.69, 9.17) is 17.1 Å². The van der Waals surface area contributed by atoms with Crippen LogP contribution in [-0.2, 0) is 58.3 Å². The smallest absolute Gasteiger partial charge is 0.264 e. The summed E-state index contributed by atoms with van der Waals surface area (Å²) in [5.41, 5.74) is -1.53. The van der Waals surface area contributed by atoms with Gasteiger partial charge in [0.15, 0.2) is 0 Å². The summed E-state index contributed by atoms with van der Waals surface area (Å²) in [7, 11) is -19.3. The molecule has 0 spiro atoms.